The largest absolute Gasteiger partial charge is 0.481 e. The Morgan fingerprint density at radius 2 is 1.93 bits per heavy atom. The van der Waals surface area contributed by atoms with Crippen LogP contribution in [0.15, 0.2) is 36.4 Å². The average molecular weight is 604 g/mol. The first-order valence-electron chi connectivity index (χ1n) is 13.5. The maximum absolute atomic E-state index is 15.2. The smallest absolute Gasteiger partial charge is 0.306 e. The summed E-state index contributed by atoms with van der Waals surface area (Å²) < 4.78 is 31.8. The summed E-state index contributed by atoms with van der Waals surface area (Å²) in [6.07, 6.45) is 2.64. The van der Waals surface area contributed by atoms with Gasteiger partial charge in [-0.25, -0.2) is 4.39 Å². The van der Waals surface area contributed by atoms with Crippen molar-refractivity contribution < 1.29 is 33.4 Å². The molecular formula is C29H31ClFN3O6S. The van der Waals surface area contributed by atoms with Gasteiger partial charge < -0.3 is 24.8 Å². The van der Waals surface area contributed by atoms with Gasteiger partial charge in [-0.3, -0.25) is 14.4 Å². The number of carbonyl (C=O) groups excluding carboxylic acids is 2. The third-order valence-electron chi connectivity index (χ3n) is 7.90. The molecule has 2 heterocycles. The van der Waals surface area contributed by atoms with Gasteiger partial charge in [0.15, 0.2) is 0 Å². The number of nitrogens with one attached hydrogen (secondary N) is 1. The van der Waals surface area contributed by atoms with Crippen LogP contribution in [-0.2, 0) is 25.5 Å². The predicted octanol–water partition coefficient (Wildman–Crippen LogP) is 5.16. The highest BCUT2D eigenvalue weighted by Gasteiger charge is 2.37. The Kier molecular flexibility index (Phi) is 9.18. The van der Waals surface area contributed by atoms with Gasteiger partial charge in [-0.1, -0.05) is 29.8 Å². The van der Waals surface area contributed by atoms with Gasteiger partial charge in [0, 0.05) is 19.0 Å². The number of carboxylic acid groups (broad SMARTS) is 1. The molecule has 2 N–H and O–H groups in total. The number of amides is 2. The zero-order valence-corrected chi connectivity index (χ0v) is 24.0. The summed E-state index contributed by atoms with van der Waals surface area (Å²) in [5.41, 5.74) is 0.433. The molecule has 2 atom stereocenters. The van der Waals surface area contributed by atoms with Crippen molar-refractivity contribution in [1.29, 1.82) is 0 Å². The number of hydrogen-bond donors (Lipinski definition) is 2. The summed E-state index contributed by atoms with van der Waals surface area (Å²) in [7, 11) is 1.59. The maximum atomic E-state index is 15.2. The molecule has 218 valence electrons. The van der Waals surface area contributed by atoms with Crippen molar-refractivity contribution in [1.82, 2.24) is 9.27 Å². The van der Waals surface area contributed by atoms with E-state index in [1.807, 2.05) is 18.2 Å². The highest BCUT2D eigenvalue weighted by atomic mass is 35.5. The van der Waals surface area contributed by atoms with E-state index < -0.39 is 17.7 Å². The normalized spacial score (nSPS) is 22.7. The quantitative estimate of drug-likeness (QED) is 0.347. The highest BCUT2D eigenvalue weighted by molar-refractivity contribution is 7.13. The van der Waals surface area contributed by atoms with Gasteiger partial charge in [-0.05, 0) is 67.4 Å². The number of aliphatic carboxylic acids is 1. The first-order chi connectivity index (χ1) is 19.7. The molecule has 3 aromatic rings. The Hall–Kier alpha value is -3.12. The Morgan fingerprint density at radius 1 is 1.17 bits per heavy atom. The molecule has 2 aliphatic rings. The number of methoxy groups -OCH3 is 1. The SMILES string of the molecule is CO[C@H]1C[C@@H](CO[C@H]2CC[C@H](C(=O)O)CC2)N(C(=O)Cc2cc(Cl)c(NC(=O)c3nsc4ccccc34)cc2F)C1. The van der Waals surface area contributed by atoms with E-state index in [4.69, 9.17) is 21.1 Å². The summed E-state index contributed by atoms with van der Waals surface area (Å²) in [6, 6.07) is 9.56. The van der Waals surface area contributed by atoms with E-state index in [0.717, 1.165) is 10.8 Å². The van der Waals surface area contributed by atoms with Crippen molar-refractivity contribution in [3.63, 3.8) is 0 Å². The zero-order chi connectivity index (χ0) is 29.1. The number of aromatic nitrogens is 1. The number of hydrogen-bond acceptors (Lipinski definition) is 7. The summed E-state index contributed by atoms with van der Waals surface area (Å²) in [5.74, 6) is -2.55. The second kappa shape index (κ2) is 12.8. The molecular weight excluding hydrogens is 573 g/mol. The van der Waals surface area contributed by atoms with Crippen LogP contribution in [0.4, 0.5) is 10.1 Å². The van der Waals surface area contributed by atoms with Gasteiger partial charge in [0.05, 0.1) is 52.6 Å². The minimum Gasteiger partial charge on any atom is -0.481 e. The molecule has 2 aromatic carbocycles. The van der Waals surface area contributed by atoms with Crippen LogP contribution in [0.2, 0.25) is 5.02 Å². The van der Waals surface area contributed by atoms with Crippen molar-refractivity contribution >= 4 is 56.7 Å². The fourth-order valence-corrected chi connectivity index (χ4v) is 6.55. The predicted molar refractivity (Wildman–Crippen MR) is 153 cm³/mol. The minimum atomic E-state index is -0.769. The van der Waals surface area contributed by atoms with E-state index in [-0.39, 0.29) is 58.5 Å². The second-order valence-corrected chi connectivity index (χ2v) is 11.7. The van der Waals surface area contributed by atoms with Gasteiger partial charge in [-0.2, -0.15) is 4.37 Å². The summed E-state index contributed by atoms with van der Waals surface area (Å²) >= 11 is 7.60. The Bertz CT molecular complexity index is 1440. The van der Waals surface area contributed by atoms with E-state index in [9.17, 15) is 19.5 Å². The van der Waals surface area contributed by atoms with Gasteiger partial charge in [0.25, 0.3) is 5.91 Å². The van der Waals surface area contributed by atoms with Crippen LogP contribution < -0.4 is 5.32 Å². The number of nitrogens with zero attached hydrogens (tertiary/aromatic N) is 2. The number of carboxylic acids is 1. The van der Waals surface area contributed by atoms with E-state index in [2.05, 4.69) is 9.69 Å². The number of halogens is 2. The average Bonchev–Trinajstić information content (AvgIpc) is 3.59. The van der Waals surface area contributed by atoms with E-state index in [1.165, 1.54) is 17.6 Å². The molecule has 0 bridgehead atoms. The van der Waals surface area contributed by atoms with Crippen LogP contribution in [-0.4, -0.2) is 70.7 Å². The van der Waals surface area contributed by atoms with Crippen LogP contribution in [0.25, 0.3) is 10.1 Å². The lowest BCUT2D eigenvalue weighted by Gasteiger charge is -2.30. The molecule has 5 rings (SSSR count). The van der Waals surface area contributed by atoms with Crippen molar-refractivity contribution in [3.8, 4) is 0 Å². The van der Waals surface area contributed by atoms with Gasteiger partial charge in [-0.15, -0.1) is 0 Å². The monoisotopic (exact) mass is 603 g/mol. The van der Waals surface area contributed by atoms with Gasteiger partial charge >= 0.3 is 5.97 Å². The molecule has 1 aromatic heterocycles. The first-order valence-corrected chi connectivity index (χ1v) is 14.7. The molecule has 2 fully saturated rings. The molecule has 0 radical (unpaired) electrons. The Labute approximate surface area is 245 Å². The van der Waals surface area contributed by atoms with E-state index in [0.29, 0.717) is 50.6 Å². The Balaban J connectivity index is 1.22. The molecule has 0 spiro atoms. The fourth-order valence-electron chi connectivity index (χ4n) is 5.55. The fraction of sp³-hybridized carbons (Fsp3) is 0.448. The molecule has 9 nitrogen and oxygen atoms in total. The van der Waals surface area contributed by atoms with Crippen molar-refractivity contribution in [2.75, 3.05) is 25.6 Å². The number of rotatable bonds is 9. The van der Waals surface area contributed by atoms with Crippen LogP contribution >= 0.6 is 23.1 Å². The number of carbonyl (C=O) groups is 3. The summed E-state index contributed by atoms with van der Waals surface area (Å²) in [4.78, 5) is 39.0. The van der Waals surface area contributed by atoms with Gasteiger partial charge in [0.1, 0.15) is 11.5 Å². The third-order valence-corrected chi connectivity index (χ3v) is 9.04. The maximum Gasteiger partial charge on any atom is 0.306 e. The highest BCUT2D eigenvalue weighted by Crippen LogP contribution is 2.31. The van der Waals surface area contributed by atoms with Crippen LogP contribution in [0.5, 0.6) is 0 Å². The summed E-state index contributed by atoms with van der Waals surface area (Å²) in [5, 5.41) is 12.6. The lowest BCUT2D eigenvalue weighted by atomic mass is 9.87. The van der Waals surface area contributed by atoms with E-state index in [1.54, 1.807) is 18.1 Å². The molecule has 41 heavy (non-hydrogen) atoms. The number of likely N-dealkylation sites (tertiary alicyclic amines) is 1. The van der Waals surface area contributed by atoms with Crippen LogP contribution in [0.1, 0.15) is 48.2 Å². The third kappa shape index (κ3) is 6.69. The van der Waals surface area contributed by atoms with Crippen LogP contribution in [0.3, 0.4) is 0 Å². The number of benzene rings is 2. The first kappa shape index (κ1) is 29.4. The lowest BCUT2D eigenvalue weighted by Crippen LogP contribution is -2.40. The molecule has 1 saturated carbocycles. The molecule has 12 heteroatoms. The standard InChI is InChI=1S/C29H31ClFN3O6S/c1-39-20-12-18(15-40-19-8-6-16(7-9-19)29(37)38)34(14-20)26(35)11-17-10-22(30)24(13-23(17)31)32-28(36)27-21-4-2-3-5-25(21)41-33-27/h2-5,10,13,16,18-20H,6-9,11-12,14-15H2,1H3,(H,32,36)(H,37,38)/t16-,18-,19-,20-/m0/s1. The molecule has 2 amide bonds. The molecule has 0 unspecified atom stereocenters. The molecule has 1 aliphatic carbocycles. The van der Waals surface area contributed by atoms with Crippen molar-refractivity contribution in [3.05, 3.63) is 58.5 Å². The Morgan fingerprint density at radius 3 is 2.66 bits per heavy atom. The van der Waals surface area contributed by atoms with Crippen molar-refractivity contribution in [2.24, 2.45) is 5.92 Å². The number of fused-ring (bicyclic) bond motifs is 1. The lowest BCUT2D eigenvalue weighted by molar-refractivity contribution is -0.144. The van der Waals surface area contributed by atoms with Crippen molar-refractivity contribution in [2.45, 2.75) is 56.8 Å². The zero-order valence-electron chi connectivity index (χ0n) is 22.5. The molecule has 1 aliphatic heterocycles. The topological polar surface area (TPSA) is 118 Å². The van der Waals surface area contributed by atoms with Crippen LogP contribution in [0, 0.1) is 11.7 Å². The van der Waals surface area contributed by atoms with Gasteiger partial charge in [0.2, 0.25) is 5.91 Å². The van der Waals surface area contributed by atoms with E-state index >= 15 is 4.39 Å². The second-order valence-electron chi connectivity index (χ2n) is 10.5. The minimum absolute atomic E-state index is 0.0505. The number of anilines is 1. The summed E-state index contributed by atoms with van der Waals surface area (Å²) in [6.45, 7) is 0.660. The molecule has 1 saturated heterocycles. The number of ether oxygens (including phenoxy) is 2.